The van der Waals surface area contributed by atoms with Crippen LogP contribution < -0.4 is 10.1 Å². The highest BCUT2D eigenvalue weighted by atomic mass is 16.5. The van der Waals surface area contributed by atoms with Gasteiger partial charge in [0, 0.05) is 37.8 Å². The number of piperazine rings is 1. The molecule has 1 aliphatic heterocycles. The molecule has 158 valence electrons. The second-order valence-corrected chi connectivity index (χ2v) is 8.70. The van der Waals surface area contributed by atoms with Gasteiger partial charge in [-0.15, -0.1) is 0 Å². The summed E-state index contributed by atoms with van der Waals surface area (Å²) in [5.74, 6) is 1.85. The number of ether oxygens (including phenoxy) is 1. The Hall–Kier alpha value is -2.08. The van der Waals surface area contributed by atoms with Crippen LogP contribution in [0.4, 0.5) is 5.69 Å². The minimum Gasteiger partial charge on any atom is -0.497 e. The Kier molecular flexibility index (Phi) is 6.38. The fourth-order valence-corrected chi connectivity index (χ4v) is 4.98. The second-order valence-electron chi connectivity index (χ2n) is 8.70. The first-order valence-corrected chi connectivity index (χ1v) is 11.1. The molecule has 0 bridgehead atoms. The van der Waals surface area contributed by atoms with E-state index < -0.39 is 0 Å². The molecule has 29 heavy (non-hydrogen) atoms. The molecular formula is C23H33N3O3. The van der Waals surface area contributed by atoms with Crippen LogP contribution in [0.3, 0.4) is 0 Å². The molecule has 4 rings (SSSR count). The van der Waals surface area contributed by atoms with E-state index in [9.17, 15) is 9.59 Å². The zero-order valence-electron chi connectivity index (χ0n) is 17.4. The zero-order chi connectivity index (χ0) is 20.2. The van der Waals surface area contributed by atoms with Gasteiger partial charge in [-0.1, -0.05) is 19.3 Å². The van der Waals surface area contributed by atoms with Crippen LogP contribution in [0.5, 0.6) is 5.75 Å². The Labute approximate surface area is 173 Å². The zero-order valence-corrected chi connectivity index (χ0v) is 17.4. The quantitative estimate of drug-likeness (QED) is 0.798. The van der Waals surface area contributed by atoms with Gasteiger partial charge in [0.15, 0.2) is 0 Å². The number of carbonyl (C=O) groups is 2. The number of nitrogens with zero attached hydrogens (tertiary/aromatic N) is 2. The molecule has 2 aliphatic carbocycles. The number of benzene rings is 1. The Balaban J connectivity index is 1.40. The van der Waals surface area contributed by atoms with E-state index in [1.54, 1.807) is 7.11 Å². The minimum absolute atomic E-state index is 0.0841. The smallest absolute Gasteiger partial charge is 0.242 e. The topological polar surface area (TPSA) is 61.9 Å². The van der Waals surface area contributed by atoms with Crippen LogP contribution >= 0.6 is 0 Å². The van der Waals surface area contributed by atoms with Crippen molar-refractivity contribution in [1.82, 2.24) is 9.80 Å². The summed E-state index contributed by atoms with van der Waals surface area (Å²) in [5, 5.41) is 3.12. The van der Waals surface area contributed by atoms with Crippen molar-refractivity contribution in [2.75, 3.05) is 38.6 Å². The van der Waals surface area contributed by atoms with Crippen LogP contribution in [-0.2, 0) is 9.59 Å². The molecule has 0 unspecified atom stereocenters. The molecule has 1 heterocycles. The van der Waals surface area contributed by atoms with Gasteiger partial charge in [0.05, 0.1) is 13.2 Å². The number of amides is 2. The van der Waals surface area contributed by atoms with E-state index in [0.717, 1.165) is 63.3 Å². The molecule has 6 heteroatoms. The summed E-state index contributed by atoms with van der Waals surface area (Å²) in [6.07, 6.45) is 7.92. The van der Waals surface area contributed by atoms with Crippen LogP contribution in [0.2, 0.25) is 0 Å². The highest BCUT2D eigenvalue weighted by Gasteiger charge is 2.38. The van der Waals surface area contributed by atoms with Gasteiger partial charge in [0.1, 0.15) is 5.75 Å². The number of hydrogen-bond acceptors (Lipinski definition) is 4. The van der Waals surface area contributed by atoms with Crippen LogP contribution in [0.15, 0.2) is 24.3 Å². The van der Waals surface area contributed by atoms with Gasteiger partial charge in [0.25, 0.3) is 0 Å². The minimum atomic E-state index is -0.111. The molecular weight excluding hydrogens is 366 g/mol. The molecule has 2 saturated carbocycles. The number of nitrogens with one attached hydrogen (secondary N) is 1. The maximum atomic E-state index is 13.3. The van der Waals surface area contributed by atoms with Crippen molar-refractivity contribution in [1.29, 1.82) is 0 Å². The average molecular weight is 400 g/mol. The molecule has 1 saturated heterocycles. The number of carbonyl (C=O) groups excluding carboxylic acids is 2. The number of methoxy groups -OCH3 is 1. The molecule has 2 amide bonds. The van der Waals surface area contributed by atoms with Crippen LogP contribution in [0, 0.1) is 11.8 Å². The van der Waals surface area contributed by atoms with Gasteiger partial charge in [-0.2, -0.15) is 0 Å². The largest absolute Gasteiger partial charge is 0.497 e. The van der Waals surface area contributed by atoms with Crippen molar-refractivity contribution < 1.29 is 14.3 Å². The summed E-state index contributed by atoms with van der Waals surface area (Å²) in [6.45, 7) is 3.06. The van der Waals surface area contributed by atoms with Crippen molar-refractivity contribution in [2.24, 2.45) is 11.8 Å². The molecule has 3 aliphatic rings. The fourth-order valence-electron chi connectivity index (χ4n) is 4.98. The molecule has 1 N–H and O–H groups in total. The molecule has 0 radical (unpaired) electrons. The normalized spacial score (nSPS) is 22.2. The lowest BCUT2D eigenvalue weighted by Crippen LogP contribution is -2.57. The van der Waals surface area contributed by atoms with E-state index in [1.165, 1.54) is 19.3 Å². The van der Waals surface area contributed by atoms with Gasteiger partial charge in [-0.25, -0.2) is 0 Å². The predicted octanol–water partition coefficient (Wildman–Crippen LogP) is 3.14. The SMILES string of the molecule is COc1ccc(NC(=O)[C@H](C2CCCC2)N2CCN(C(=O)C3CCC3)CC2)cc1. The first kappa shape index (κ1) is 20.2. The third kappa shape index (κ3) is 4.58. The van der Waals surface area contributed by atoms with E-state index in [2.05, 4.69) is 10.2 Å². The maximum absolute atomic E-state index is 13.3. The van der Waals surface area contributed by atoms with E-state index in [4.69, 9.17) is 4.74 Å². The molecule has 1 aromatic rings. The highest BCUT2D eigenvalue weighted by molar-refractivity contribution is 5.95. The van der Waals surface area contributed by atoms with Gasteiger partial charge in [-0.3, -0.25) is 14.5 Å². The average Bonchev–Trinajstić information content (AvgIpc) is 3.22. The van der Waals surface area contributed by atoms with Crippen molar-refractivity contribution >= 4 is 17.5 Å². The highest BCUT2D eigenvalue weighted by Crippen LogP contribution is 2.33. The summed E-state index contributed by atoms with van der Waals surface area (Å²) in [6, 6.07) is 7.39. The van der Waals surface area contributed by atoms with E-state index in [1.807, 2.05) is 29.2 Å². The first-order chi connectivity index (χ1) is 14.2. The molecule has 3 fully saturated rings. The fraction of sp³-hybridized carbons (Fsp3) is 0.652. The third-order valence-electron chi connectivity index (χ3n) is 6.95. The summed E-state index contributed by atoms with van der Waals surface area (Å²) in [7, 11) is 1.64. The third-order valence-corrected chi connectivity index (χ3v) is 6.95. The standard InChI is InChI=1S/C23H33N3O3/c1-29-20-11-9-19(10-12-20)24-22(27)21(17-5-2-3-6-17)25-13-15-26(16-14-25)23(28)18-7-4-8-18/h9-12,17-18,21H,2-8,13-16H2,1H3,(H,24,27)/t21-/m0/s1. The Morgan fingerprint density at radius 3 is 2.17 bits per heavy atom. The first-order valence-electron chi connectivity index (χ1n) is 11.1. The lowest BCUT2D eigenvalue weighted by Gasteiger charge is -2.42. The molecule has 6 nitrogen and oxygen atoms in total. The van der Waals surface area contributed by atoms with Crippen LogP contribution in [0.25, 0.3) is 0 Å². The number of rotatable bonds is 6. The van der Waals surface area contributed by atoms with Crippen molar-refractivity contribution in [2.45, 2.75) is 51.0 Å². The molecule has 0 spiro atoms. The van der Waals surface area contributed by atoms with Crippen molar-refractivity contribution in [3.05, 3.63) is 24.3 Å². The van der Waals surface area contributed by atoms with E-state index in [-0.39, 0.29) is 17.9 Å². The molecule has 1 aromatic carbocycles. The summed E-state index contributed by atoms with van der Waals surface area (Å²) in [4.78, 5) is 30.2. The Bertz CT molecular complexity index is 703. The summed E-state index contributed by atoms with van der Waals surface area (Å²) >= 11 is 0. The Morgan fingerprint density at radius 2 is 1.62 bits per heavy atom. The lowest BCUT2D eigenvalue weighted by atomic mass is 9.84. The van der Waals surface area contributed by atoms with Crippen LogP contribution in [0.1, 0.15) is 44.9 Å². The van der Waals surface area contributed by atoms with Crippen molar-refractivity contribution in [3.8, 4) is 5.75 Å². The van der Waals surface area contributed by atoms with E-state index >= 15 is 0 Å². The summed E-state index contributed by atoms with van der Waals surface area (Å²) in [5.41, 5.74) is 0.803. The Morgan fingerprint density at radius 1 is 0.966 bits per heavy atom. The van der Waals surface area contributed by atoms with Gasteiger partial charge in [0.2, 0.25) is 11.8 Å². The molecule has 0 aromatic heterocycles. The molecule has 1 atom stereocenters. The summed E-state index contributed by atoms with van der Waals surface area (Å²) < 4.78 is 5.20. The number of hydrogen-bond donors (Lipinski definition) is 1. The predicted molar refractivity (Wildman–Crippen MR) is 113 cm³/mol. The van der Waals surface area contributed by atoms with Crippen molar-refractivity contribution in [3.63, 3.8) is 0 Å². The van der Waals surface area contributed by atoms with Gasteiger partial charge < -0.3 is 15.0 Å². The maximum Gasteiger partial charge on any atom is 0.242 e. The monoisotopic (exact) mass is 399 g/mol. The van der Waals surface area contributed by atoms with Gasteiger partial charge >= 0.3 is 0 Å². The number of anilines is 1. The second kappa shape index (κ2) is 9.16. The van der Waals surface area contributed by atoms with Crippen LogP contribution in [-0.4, -0.2) is 60.9 Å². The lowest BCUT2D eigenvalue weighted by molar-refractivity contribution is -0.140. The van der Waals surface area contributed by atoms with E-state index in [0.29, 0.717) is 11.8 Å². The van der Waals surface area contributed by atoms with Gasteiger partial charge in [-0.05, 0) is 55.9 Å².